The Kier molecular flexibility index (Phi) is 14.5. The molecule has 2 N–H and O–H groups in total. The van der Waals surface area contributed by atoms with Crippen molar-refractivity contribution in [3.05, 3.63) is 23.8 Å². The lowest BCUT2D eigenvalue weighted by Crippen LogP contribution is -2.53. The van der Waals surface area contributed by atoms with Gasteiger partial charge in [0.05, 0.1) is 7.11 Å². The molecule has 0 saturated carbocycles. The van der Waals surface area contributed by atoms with Crippen molar-refractivity contribution in [3.8, 4) is 11.5 Å². The number of carbonyl (C=O) groups is 4. The third-order valence-electron chi connectivity index (χ3n) is 6.16. The molecule has 226 valence electrons. The minimum atomic E-state index is -1.58. The summed E-state index contributed by atoms with van der Waals surface area (Å²) in [6.07, 6.45) is -1.46. The Balaban J connectivity index is 3.22. The minimum absolute atomic E-state index is 0.0289. The maximum atomic E-state index is 12.8. The van der Waals surface area contributed by atoms with Gasteiger partial charge in [0.15, 0.2) is 11.5 Å². The fraction of sp³-hybridized carbons (Fsp3) is 0.655. The Hall–Kier alpha value is -3.34. The summed E-state index contributed by atoms with van der Waals surface area (Å²) in [5.41, 5.74) is 5.38. The molecule has 40 heavy (non-hydrogen) atoms. The van der Waals surface area contributed by atoms with Gasteiger partial charge in [0.1, 0.15) is 23.9 Å². The van der Waals surface area contributed by atoms with Crippen LogP contribution in [0.1, 0.15) is 86.1 Å². The smallest absolute Gasteiger partial charge is 0.468 e. The number of nitrogens with two attached hydrogens (primary N) is 1. The molecule has 11 heteroatoms. The van der Waals surface area contributed by atoms with Crippen LogP contribution in [0.4, 0.5) is 9.59 Å². The van der Waals surface area contributed by atoms with Gasteiger partial charge in [-0.1, -0.05) is 33.8 Å². The lowest BCUT2D eigenvalue weighted by Gasteiger charge is -2.29. The lowest BCUT2D eigenvalue weighted by atomic mass is 9.86. The van der Waals surface area contributed by atoms with Crippen molar-refractivity contribution in [3.63, 3.8) is 0 Å². The summed E-state index contributed by atoms with van der Waals surface area (Å²) in [5.74, 6) is -0.976. The number of rotatable bonds is 15. The maximum absolute atomic E-state index is 12.8. The van der Waals surface area contributed by atoms with E-state index in [2.05, 4.69) is 0 Å². The third-order valence-corrected chi connectivity index (χ3v) is 6.16. The van der Waals surface area contributed by atoms with E-state index in [0.29, 0.717) is 30.7 Å². The largest absolute Gasteiger partial charge is 0.514 e. The first-order valence-corrected chi connectivity index (χ1v) is 13.7. The van der Waals surface area contributed by atoms with Crippen LogP contribution in [-0.2, 0) is 35.0 Å². The van der Waals surface area contributed by atoms with Crippen LogP contribution < -0.4 is 15.2 Å². The summed E-state index contributed by atoms with van der Waals surface area (Å²) in [5, 5.41) is 0. The Bertz CT molecular complexity index is 995. The predicted octanol–water partition coefficient (Wildman–Crippen LogP) is 5.49. The molecular formula is C29H45NO10. The highest BCUT2D eigenvalue weighted by atomic mass is 16.7. The molecule has 1 aromatic carbocycles. The topological polar surface area (TPSA) is 150 Å². The van der Waals surface area contributed by atoms with E-state index in [0.717, 1.165) is 0 Å². The van der Waals surface area contributed by atoms with Gasteiger partial charge in [-0.05, 0) is 63.6 Å². The summed E-state index contributed by atoms with van der Waals surface area (Å²) in [4.78, 5) is 49.6. The second-order valence-electron chi connectivity index (χ2n) is 10.4. The van der Waals surface area contributed by atoms with Crippen LogP contribution in [0.5, 0.6) is 11.5 Å². The van der Waals surface area contributed by atoms with Crippen LogP contribution >= 0.6 is 0 Å². The lowest BCUT2D eigenvalue weighted by molar-refractivity contribution is -0.155. The fourth-order valence-electron chi connectivity index (χ4n) is 3.59. The molecule has 0 aliphatic carbocycles. The second-order valence-corrected chi connectivity index (χ2v) is 10.4. The molecule has 0 fully saturated rings. The summed E-state index contributed by atoms with van der Waals surface area (Å²) in [6.45, 7) is 12.8. The molecule has 0 radical (unpaired) electrons. The Morgan fingerprint density at radius 3 is 1.88 bits per heavy atom. The molecule has 0 heterocycles. The fourth-order valence-corrected chi connectivity index (χ4v) is 3.59. The van der Waals surface area contributed by atoms with Gasteiger partial charge < -0.3 is 34.2 Å². The summed E-state index contributed by atoms with van der Waals surface area (Å²) >= 11 is 0. The van der Waals surface area contributed by atoms with Crippen molar-refractivity contribution < 1.29 is 47.6 Å². The SMILES string of the molecule is CCC(C)OC(=O)Oc1ccc(CC(N)(C[C@H](C)OC(=O)CCC(C)C)C(=O)OC)cc1OC(=O)OC(C)CC. The molecule has 0 saturated heterocycles. The standard InChI is InChI=1S/C29H45NO10/c1-9-19(5)37-27(33)39-23-13-12-22(15-24(23)40-28(34)38-20(6)10-2)17-29(30,26(32)35-8)16-21(7)36-25(31)14-11-18(3)4/h12-13,15,18-21H,9-11,14,16-17,30H2,1-8H3/t19?,20?,21-,29?/m0/s1. The van der Waals surface area contributed by atoms with Crippen molar-refractivity contribution in [2.24, 2.45) is 11.7 Å². The van der Waals surface area contributed by atoms with Gasteiger partial charge in [-0.15, -0.1) is 0 Å². The molecule has 0 bridgehead atoms. The molecule has 11 nitrogen and oxygen atoms in total. The van der Waals surface area contributed by atoms with E-state index in [1.807, 2.05) is 27.7 Å². The van der Waals surface area contributed by atoms with E-state index in [4.69, 9.17) is 34.2 Å². The second kappa shape index (κ2) is 16.7. The molecule has 1 rings (SSSR count). The monoisotopic (exact) mass is 567 g/mol. The van der Waals surface area contributed by atoms with Gasteiger partial charge in [-0.2, -0.15) is 0 Å². The van der Waals surface area contributed by atoms with E-state index in [1.165, 1.54) is 19.2 Å². The van der Waals surface area contributed by atoms with Crippen LogP contribution in [0.2, 0.25) is 0 Å². The van der Waals surface area contributed by atoms with Crippen molar-refractivity contribution in [1.82, 2.24) is 0 Å². The van der Waals surface area contributed by atoms with Gasteiger partial charge in [-0.25, -0.2) is 9.59 Å². The van der Waals surface area contributed by atoms with Crippen molar-refractivity contribution in [1.29, 1.82) is 0 Å². The van der Waals surface area contributed by atoms with E-state index in [1.54, 1.807) is 26.8 Å². The molecule has 3 unspecified atom stereocenters. The van der Waals surface area contributed by atoms with Crippen molar-refractivity contribution in [2.75, 3.05) is 7.11 Å². The Labute approximate surface area is 236 Å². The zero-order valence-corrected chi connectivity index (χ0v) is 24.9. The highest BCUT2D eigenvalue weighted by molar-refractivity contribution is 5.81. The number of ether oxygens (including phenoxy) is 6. The Morgan fingerprint density at radius 1 is 0.825 bits per heavy atom. The molecule has 0 aliphatic heterocycles. The molecule has 4 atom stereocenters. The molecule has 0 aliphatic rings. The van der Waals surface area contributed by atoms with Crippen LogP contribution in [-0.4, -0.2) is 55.2 Å². The van der Waals surface area contributed by atoms with Gasteiger partial charge in [0.25, 0.3) is 0 Å². The van der Waals surface area contributed by atoms with Gasteiger partial charge in [0, 0.05) is 19.3 Å². The van der Waals surface area contributed by atoms with Crippen molar-refractivity contribution in [2.45, 2.75) is 111 Å². The van der Waals surface area contributed by atoms with E-state index >= 15 is 0 Å². The zero-order chi connectivity index (χ0) is 30.5. The Morgan fingerprint density at radius 2 is 1.38 bits per heavy atom. The van der Waals surface area contributed by atoms with Crippen LogP contribution in [0.15, 0.2) is 18.2 Å². The van der Waals surface area contributed by atoms with Gasteiger partial charge in [-0.3, -0.25) is 9.59 Å². The molecule has 0 amide bonds. The minimum Gasteiger partial charge on any atom is -0.468 e. The first kappa shape index (κ1) is 34.7. The number of carbonyl (C=O) groups excluding carboxylic acids is 4. The van der Waals surface area contributed by atoms with Gasteiger partial charge >= 0.3 is 24.2 Å². The van der Waals surface area contributed by atoms with E-state index in [9.17, 15) is 19.2 Å². The molecule has 0 spiro atoms. The predicted molar refractivity (Wildman–Crippen MR) is 147 cm³/mol. The first-order chi connectivity index (χ1) is 18.7. The zero-order valence-electron chi connectivity index (χ0n) is 24.9. The summed E-state index contributed by atoms with van der Waals surface area (Å²) in [7, 11) is 1.21. The maximum Gasteiger partial charge on any atom is 0.514 e. The number of benzene rings is 1. The molecular weight excluding hydrogens is 522 g/mol. The number of hydrogen-bond acceptors (Lipinski definition) is 11. The normalized spacial score (nSPS) is 14.8. The highest BCUT2D eigenvalue weighted by Gasteiger charge is 2.38. The van der Waals surface area contributed by atoms with Crippen LogP contribution in [0.3, 0.4) is 0 Å². The number of methoxy groups -OCH3 is 1. The number of esters is 2. The molecule has 0 aromatic heterocycles. The molecule has 1 aromatic rings. The average molecular weight is 568 g/mol. The highest BCUT2D eigenvalue weighted by Crippen LogP contribution is 2.32. The average Bonchev–Trinajstić information content (AvgIpc) is 2.87. The summed E-state index contributed by atoms with van der Waals surface area (Å²) < 4.78 is 31.4. The van der Waals surface area contributed by atoms with E-state index < -0.39 is 36.0 Å². The quantitative estimate of drug-likeness (QED) is 0.163. The van der Waals surface area contributed by atoms with Gasteiger partial charge in [0.2, 0.25) is 0 Å². The third kappa shape index (κ3) is 12.2. The van der Waals surface area contributed by atoms with Crippen LogP contribution in [0, 0.1) is 5.92 Å². The van der Waals surface area contributed by atoms with Crippen LogP contribution in [0.25, 0.3) is 0 Å². The van der Waals surface area contributed by atoms with Crippen molar-refractivity contribution >= 4 is 24.2 Å². The number of hydrogen-bond donors (Lipinski definition) is 1. The summed E-state index contributed by atoms with van der Waals surface area (Å²) in [6, 6.07) is 4.36. The first-order valence-electron chi connectivity index (χ1n) is 13.7. The van der Waals surface area contributed by atoms with E-state index in [-0.39, 0.29) is 42.8 Å².